The molecule has 5 nitrogen and oxygen atoms in total. The largest absolute Gasteiger partial charge is 0.508 e. The normalized spacial score (nSPS) is 13.3. The highest BCUT2D eigenvalue weighted by Crippen LogP contribution is 2.26. The first-order valence-corrected chi connectivity index (χ1v) is 9.10. The van der Waals surface area contributed by atoms with Gasteiger partial charge in [0.1, 0.15) is 11.3 Å². The summed E-state index contributed by atoms with van der Waals surface area (Å²) in [6, 6.07) is 10.5. The van der Waals surface area contributed by atoms with Crippen LogP contribution in [0.15, 0.2) is 47.1 Å². The van der Waals surface area contributed by atoms with Crippen molar-refractivity contribution in [1.29, 1.82) is 0 Å². The Hall–Kier alpha value is -3.08. The number of aryl methyl sites for hydroxylation is 2. The average Bonchev–Trinajstić information content (AvgIpc) is 3.07. The number of carbonyl (C=O) groups is 2. The molecule has 0 aliphatic heterocycles. The van der Waals surface area contributed by atoms with Crippen LogP contribution < -0.4 is 0 Å². The third kappa shape index (κ3) is 3.72. The summed E-state index contributed by atoms with van der Waals surface area (Å²) in [5.74, 6) is -0.586. The monoisotopic (exact) mass is 364 g/mol. The zero-order valence-electron chi connectivity index (χ0n) is 14.9. The van der Waals surface area contributed by atoms with E-state index in [1.165, 1.54) is 35.9 Å². The maximum absolute atomic E-state index is 12.4. The van der Waals surface area contributed by atoms with Crippen molar-refractivity contribution >= 4 is 22.7 Å². The zero-order valence-corrected chi connectivity index (χ0v) is 14.9. The van der Waals surface area contributed by atoms with Gasteiger partial charge >= 0.3 is 5.97 Å². The summed E-state index contributed by atoms with van der Waals surface area (Å²) in [7, 11) is 0. The molecule has 0 spiro atoms. The maximum atomic E-state index is 12.4. The SMILES string of the molecule is O=C(Cc1coc2cc(O)ccc12)OCC(=O)c1ccc2c(c1)CCCC2. The molecule has 0 atom stereocenters. The van der Waals surface area contributed by atoms with Crippen molar-refractivity contribution in [2.24, 2.45) is 0 Å². The fraction of sp³-hybridized carbons (Fsp3) is 0.273. The van der Waals surface area contributed by atoms with E-state index in [2.05, 4.69) is 0 Å². The van der Waals surface area contributed by atoms with Gasteiger partial charge in [0.15, 0.2) is 12.4 Å². The molecule has 1 aromatic heterocycles. The first kappa shape index (κ1) is 17.3. The number of phenols is 1. The van der Waals surface area contributed by atoms with Gasteiger partial charge in [-0.3, -0.25) is 9.59 Å². The minimum absolute atomic E-state index is 0.00917. The van der Waals surface area contributed by atoms with Crippen molar-refractivity contribution in [2.75, 3.05) is 6.61 Å². The van der Waals surface area contributed by atoms with Crippen LogP contribution in [-0.2, 0) is 28.8 Å². The lowest BCUT2D eigenvalue weighted by atomic mass is 9.90. The summed E-state index contributed by atoms with van der Waals surface area (Å²) in [4.78, 5) is 24.5. The van der Waals surface area contributed by atoms with Gasteiger partial charge in [-0.2, -0.15) is 0 Å². The summed E-state index contributed by atoms with van der Waals surface area (Å²) in [6.45, 7) is -0.270. The van der Waals surface area contributed by atoms with E-state index in [0.29, 0.717) is 16.7 Å². The number of esters is 1. The van der Waals surface area contributed by atoms with E-state index in [0.717, 1.165) is 24.6 Å². The summed E-state index contributed by atoms with van der Waals surface area (Å²) < 4.78 is 10.5. The number of phenolic OH excluding ortho intramolecular Hbond substituents is 1. The lowest BCUT2D eigenvalue weighted by Gasteiger charge is -2.16. The van der Waals surface area contributed by atoms with Gasteiger partial charge in [0.25, 0.3) is 0 Å². The van der Waals surface area contributed by atoms with Crippen molar-refractivity contribution < 1.29 is 23.8 Å². The molecule has 0 fully saturated rings. The van der Waals surface area contributed by atoms with Crippen molar-refractivity contribution in [3.05, 3.63) is 64.9 Å². The topological polar surface area (TPSA) is 76.7 Å². The van der Waals surface area contributed by atoms with E-state index < -0.39 is 5.97 Å². The van der Waals surface area contributed by atoms with Gasteiger partial charge in [-0.1, -0.05) is 12.1 Å². The summed E-state index contributed by atoms with van der Waals surface area (Å²) in [5.41, 5.74) is 4.30. The molecule has 1 N–H and O–H groups in total. The highest BCUT2D eigenvalue weighted by atomic mass is 16.5. The Bertz CT molecular complexity index is 1010. The van der Waals surface area contributed by atoms with Crippen molar-refractivity contribution in [3.63, 3.8) is 0 Å². The molecule has 0 bridgehead atoms. The number of fused-ring (bicyclic) bond motifs is 2. The molecule has 0 unspecified atom stereocenters. The lowest BCUT2D eigenvalue weighted by molar-refractivity contribution is -0.141. The maximum Gasteiger partial charge on any atom is 0.310 e. The van der Waals surface area contributed by atoms with Crippen LogP contribution in [0.3, 0.4) is 0 Å². The number of aromatic hydroxyl groups is 1. The smallest absolute Gasteiger partial charge is 0.310 e. The predicted octanol–water partition coefficient (Wildman–Crippen LogP) is 3.99. The number of Topliss-reactive ketones (excluding diaryl/α,β-unsaturated/α-hetero) is 1. The second-order valence-corrected chi connectivity index (χ2v) is 6.89. The molecule has 4 rings (SSSR count). The van der Waals surface area contributed by atoms with Crippen molar-refractivity contribution in [3.8, 4) is 5.75 Å². The van der Waals surface area contributed by atoms with Crippen LogP contribution in [0.25, 0.3) is 11.0 Å². The molecule has 3 aromatic rings. The van der Waals surface area contributed by atoms with Gasteiger partial charge in [-0.15, -0.1) is 0 Å². The summed E-state index contributed by atoms with van der Waals surface area (Å²) in [5, 5.41) is 10.2. The minimum Gasteiger partial charge on any atom is -0.508 e. The van der Waals surface area contributed by atoms with Crippen molar-refractivity contribution in [1.82, 2.24) is 0 Å². The van der Waals surface area contributed by atoms with E-state index in [4.69, 9.17) is 9.15 Å². The molecule has 27 heavy (non-hydrogen) atoms. The first-order chi connectivity index (χ1) is 13.1. The molecule has 1 aliphatic rings. The molecule has 0 saturated heterocycles. The van der Waals surface area contributed by atoms with Crippen LogP contribution in [0.4, 0.5) is 0 Å². The standard InChI is InChI=1S/C22H20O5/c23-18-7-8-19-17(12-26-21(19)11-18)10-22(25)27-13-20(24)16-6-5-14-3-1-2-4-15(14)9-16/h5-9,11-12,23H,1-4,10,13H2. The van der Waals surface area contributed by atoms with Gasteiger partial charge in [0.2, 0.25) is 0 Å². The van der Waals surface area contributed by atoms with E-state index in [-0.39, 0.29) is 24.6 Å². The Balaban J connectivity index is 1.38. The predicted molar refractivity (Wildman–Crippen MR) is 100.0 cm³/mol. The molecule has 1 heterocycles. The fourth-order valence-electron chi connectivity index (χ4n) is 3.55. The molecule has 0 radical (unpaired) electrons. The summed E-state index contributed by atoms with van der Waals surface area (Å²) >= 11 is 0. The Labute approximate surface area is 156 Å². The third-order valence-electron chi connectivity index (χ3n) is 5.01. The number of hydrogen-bond donors (Lipinski definition) is 1. The number of hydrogen-bond acceptors (Lipinski definition) is 5. The quantitative estimate of drug-likeness (QED) is 0.547. The molecule has 0 amide bonds. The van der Waals surface area contributed by atoms with Gasteiger partial charge in [0.05, 0.1) is 12.7 Å². The lowest BCUT2D eigenvalue weighted by Crippen LogP contribution is -2.16. The van der Waals surface area contributed by atoms with E-state index in [1.54, 1.807) is 6.07 Å². The Morgan fingerprint density at radius 3 is 2.70 bits per heavy atom. The first-order valence-electron chi connectivity index (χ1n) is 9.10. The Morgan fingerprint density at radius 2 is 1.85 bits per heavy atom. The average molecular weight is 364 g/mol. The molecule has 2 aromatic carbocycles. The highest BCUT2D eigenvalue weighted by Gasteiger charge is 2.16. The van der Waals surface area contributed by atoms with Crippen molar-refractivity contribution in [2.45, 2.75) is 32.1 Å². The fourth-order valence-corrected chi connectivity index (χ4v) is 3.55. The number of carbonyl (C=O) groups excluding carboxylic acids is 2. The summed E-state index contributed by atoms with van der Waals surface area (Å²) in [6.07, 6.45) is 5.89. The van der Waals surface area contributed by atoms with Crippen LogP contribution in [0.1, 0.15) is 39.9 Å². The van der Waals surface area contributed by atoms with E-state index in [9.17, 15) is 14.7 Å². The van der Waals surface area contributed by atoms with Crippen LogP contribution in [-0.4, -0.2) is 23.5 Å². The number of ether oxygens (including phenoxy) is 1. The number of rotatable bonds is 5. The Kier molecular flexibility index (Phi) is 4.67. The second kappa shape index (κ2) is 7.27. The van der Waals surface area contributed by atoms with Crippen LogP contribution in [0.5, 0.6) is 5.75 Å². The molecule has 1 aliphatic carbocycles. The number of furan rings is 1. The van der Waals surface area contributed by atoms with Gasteiger partial charge < -0.3 is 14.3 Å². The molecular weight excluding hydrogens is 344 g/mol. The van der Waals surface area contributed by atoms with Crippen LogP contribution in [0, 0.1) is 0 Å². The van der Waals surface area contributed by atoms with Gasteiger partial charge in [0, 0.05) is 22.6 Å². The number of benzene rings is 2. The van der Waals surface area contributed by atoms with Gasteiger partial charge in [-0.25, -0.2) is 0 Å². The van der Waals surface area contributed by atoms with Crippen LogP contribution >= 0.6 is 0 Å². The zero-order chi connectivity index (χ0) is 18.8. The van der Waals surface area contributed by atoms with Crippen LogP contribution in [0.2, 0.25) is 0 Å². The second-order valence-electron chi connectivity index (χ2n) is 6.89. The number of ketones is 1. The van der Waals surface area contributed by atoms with E-state index >= 15 is 0 Å². The molecular formula is C22H20O5. The molecule has 0 saturated carbocycles. The minimum atomic E-state index is -0.489. The molecule has 138 valence electrons. The Morgan fingerprint density at radius 1 is 1.04 bits per heavy atom. The molecule has 5 heteroatoms. The highest BCUT2D eigenvalue weighted by molar-refractivity contribution is 5.98. The third-order valence-corrected chi connectivity index (χ3v) is 5.01. The van der Waals surface area contributed by atoms with Gasteiger partial charge in [-0.05, 0) is 55.0 Å². The van der Waals surface area contributed by atoms with E-state index in [1.807, 2.05) is 18.2 Å².